The van der Waals surface area contributed by atoms with Crippen LogP contribution in [0.15, 0.2) is 53.6 Å². The molecule has 0 saturated carbocycles. The number of aliphatic carboxylic acids is 1. The van der Waals surface area contributed by atoms with Gasteiger partial charge in [0.05, 0.1) is 18.7 Å². The first-order valence-electron chi connectivity index (χ1n) is 11.6. The zero-order valence-corrected chi connectivity index (χ0v) is 21.0. The van der Waals surface area contributed by atoms with E-state index in [9.17, 15) is 19.0 Å². The molecule has 10 heteroatoms. The van der Waals surface area contributed by atoms with Gasteiger partial charge in [0, 0.05) is 19.8 Å². The van der Waals surface area contributed by atoms with Crippen molar-refractivity contribution >= 4 is 16.7 Å². The Labute approximate surface area is 206 Å². The minimum atomic E-state index is -3.27. The Balaban J connectivity index is 1.60. The summed E-state index contributed by atoms with van der Waals surface area (Å²) in [4.78, 5) is 12.0. The fourth-order valence-electron chi connectivity index (χ4n) is 4.45. The normalized spacial score (nSPS) is 19.3. The van der Waals surface area contributed by atoms with Crippen molar-refractivity contribution in [2.45, 2.75) is 56.6 Å². The highest BCUT2D eigenvalue weighted by Crippen LogP contribution is 2.57. The maximum atomic E-state index is 11.6. The van der Waals surface area contributed by atoms with Crippen LogP contribution in [-0.2, 0) is 24.8 Å². The summed E-state index contributed by atoms with van der Waals surface area (Å²) in [7, 11) is -1.47. The van der Waals surface area contributed by atoms with Crippen LogP contribution in [0.5, 0.6) is 5.75 Å². The third kappa shape index (κ3) is 5.84. The van der Waals surface area contributed by atoms with Crippen molar-refractivity contribution in [2.75, 3.05) is 6.54 Å². The number of para-hydroxylation sites is 1. The molecule has 1 aromatic heterocycles. The summed E-state index contributed by atoms with van der Waals surface area (Å²) >= 11 is 0. The van der Waals surface area contributed by atoms with Gasteiger partial charge in [0.2, 0.25) is 0 Å². The number of hydrogen-bond acceptors (Lipinski definition) is 7. The largest absolute Gasteiger partial charge is 0.487 e. The molecule has 2 atom stereocenters. The van der Waals surface area contributed by atoms with Crippen LogP contribution in [0.4, 0.5) is 0 Å². The molecule has 2 heterocycles. The molecule has 0 spiro atoms. The van der Waals surface area contributed by atoms with Gasteiger partial charge in [-0.25, -0.2) is 0 Å². The molecule has 0 bridgehead atoms. The average molecular weight is 501 g/mol. The number of fused-ring (bicyclic) bond motifs is 1. The number of aromatic nitrogens is 3. The lowest BCUT2D eigenvalue weighted by Gasteiger charge is -2.42. The molecule has 2 aromatic carbocycles. The van der Waals surface area contributed by atoms with E-state index >= 15 is 0 Å². The van der Waals surface area contributed by atoms with E-state index < -0.39 is 16.7 Å². The van der Waals surface area contributed by atoms with Crippen molar-refractivity contribution in [1.29, 1.82) is 0 Å². The lowest BCUT2D eigenvalue weighted by atomic mass is 9.88. The van der Waals surface area contributed by atoms with E-state index in [1.807, 2.05) is 44.3 Å². The third-order valence-electron chi connectivity index (χ3n) is 6.30. The number of ether oxygens (including phenoxy) is 1. The Hall–Kier alpha value is -2.92. The smallest absolute Gasteiger partial charge is 0.303 e. The van der Waals surface area contributed by atoms with E-state index in [0.29, 0.717) is 36.6 Å². The van der Waals surface area contributed by atoms with Crippen LogP contribution in [-0.4, -0.2) is 52.1 Å². The molecule has 0 saturated heterocycles. The summed E-state index contributed by atoms with van der Waals surface area (Å²) < 4.78 is 31.7. The van der Waals surface area contributed by atoms with E-state index in [1.54, 1.807) is 34.2 Å². The van der Waals surface area contributed by atoms with E-state index in [1.165, 1.54) is 0 Å². The van der Waals surface area contributed by atoms with Crippen LogP contribution < -0.4 is 4.74 Å². The van der Waals surface area contributed by atoms with Crippen LogP contribution in [0, 0.1) is 6.92 Å². The number of rotatable bonds is 8. The van der Waals surface area contributed by atoms with E-state index in [4.69, 9.17) is 4.74 Å². The topological polar surface area (TPSA) is 121 Å². The van der Waals surface area contributed by atoms with Gasteiger partial charge in [0.1, 0.15) is 16.7 Å². The molecule has 3 aromatic rings. The third-order valence-corrected chi connectivity index (χ3v) is 8.23. The summed E-state index contributed by atoms with van der Waals surface area (Å²) in [5, 5.41) is 17.6. The Morgan fingerprint density at radius 1 is 1.26 bits per heavy atom. The summed E-state index contributed by atoms with van der Waals surface area (Å²) in [6, 6.07) is 13.0. The lowest BCUT2D eigenvalue weighted by Crippen LogP contribution is -2.33. The SMILES string of the molecule is Cc1ccc(C(CCc2cn(C)nn2)CC(=O)O)cc1CN1CC(C)Oc2ccccc2S1(O)O. The molecule has 3 N–H and O–H groups in total. The van der Waals surface area contributed by atoms with Crippen molar-refractivity contribution < 1.29 is 23.7 Å². The monoisotopic (exact) mass is 500 g/mol. The van der Waals surface area contributed by atoms with E-state index in [2.05, 4.69) is 10.3 Å². The van der Waals surface area contributed by atoms with Gasteiger partial charge in [-0.05, 0) is 61.4 Å². The van der Waals surface area contributed by atoms with E-state index in [0.717, 1.165) is 22.4 Å². The highest BCUT2D eigenvalue weighted by Gasteiger charge is 2.34. The number of carboxylic acids is 1. The van der Waals surface area contributed by atoms with Gasteiger partial charge in [-0.2, -0.15) is 4.31 Å². The standard InChI is InChI=1S/C25H32N4O5S/c1-17-8-9-19(20(13-25(30)31)10-11-22-16-28(3)27-26-22)12-21(17)15-29-14-18(2)34-23-6-4-5-7-24(23)35(29,32)33/h4-9,12,16,18,20,32-33H,10-11,13-15H2,1-3H3,(H,30,31). The van der Waals surface area contributed by atoms with Crippen molar-refractivity contribution in [3.8, 4) is 5.75 Å². The zero-order chi connectivity index (χ0) is 25.2. The van der Waals surface area contributed by atoms with Crippen molar-refractivity contribution in [3.05, 3.63) is 71.0 Å². The van der Waals surface area contributed by atoms with Gasteiger partial charge in [0.25, 0.3) is 0 Å². The molecule has 1 aliphatic heterocycles. The fraction of sp³-hybridized carbons (Fsp3) is 0.400. The second kappa shape index (κ2) is 10.4. The van der Waals surface area contributed by atoms with Gasteiger partial charge >= 0.3 is 5.97 Å². The Morgan fingerprint density at radius 2 is 2.03 bits per heavy atom. The molecule has 4 rings (SSSR count). The van der Waals surface area contributed by atoms with Crippen LogP contribution in [0.25, 0.3) is 0 Å². The summed E-state index contributed by atoms with van der Waals surface area (Å²) in [5.41, 5.74) is 3.65. The highest BCUT2D eigenvalue weighted by molar-refractivity contribution is 8.22. The second-order valence-electron chi connectivity index (χ2n) is 9.12. The van der Waals surface area contributed by atoms with Gasteiger partial charge in [0.15, 0.2) is 0 Å². The first kappa shape index (κ1) is 25.2. The lowest BCUT2D eigenvalue weighted by molar-refractivity contribution is -0.137. The van der Waals surface area contributed by atoms with Crippen LogP contribution in [0.2, 0.25) is 0 Å². The van der Waals surface area contributed by atoms with Gasteiger partial charge in [-0.3, -0.25) is 18.6 Å². The number of carboxylic acid groups (broad SMARTS) is 1. The Morgan fingerprint density at radius 3 is 2.74 bits per heavy atom. The average Bonchev–Trinajstić information content (AvgIpc) is 3.18. The fourth-order valence-corrected chi connectivity index (χ4v) is 6.11. The molecular formula is C25H32N4O5S. The number of benzene rings is 2. The quantitative estimate of drug-likeness (QED) is 0.410. The zero-order valence-electron chi connectivity index (χ0n) is 20.2. The molecule has 188 valence electrons. The highest BCUT2D eigenvalue weighted by atomic mass is 32.3. The maximum absolute atomic E-state index is 11.6. The van der Waals surface area contributed by atoms with Crippen LogP contribution >= 0.6 is 10.8 Å². The van der Waals surface area contributed by atoms with Crippen molar-refractivity contribution in [1.82, 2.24) is 19.3 Å². The molecule has 0 radical (unpaired) electrons. The second-order valence-corrected chi connectivity index (χ2v) is 11.1. The molecule has 0 fully saturated rings. The van der Waals surface area contributed by atoms with Crippen molar-refractivity contribution in [2.24, 2.45) is 7.05 Å². The minimum absolute atomic E-state index is 0.0000850. The molecule has 9 nitrogen and oxygen atoms in total. The molecule has 0 amide bonds. The molecule has 35 heavy (non-hydrogen) atoms. The molecule has 0 aliphatic carbocycles. The summed E-state index contributed by atoms with van der Waals surface area (Å²) in [6.07, 6.45) is 2.83. The maximum Gasteiger partial charge on any atom is 0.303 e. The molecule has 1 aliphatic rings. The minimum Gasteiger partial charge on any atom is -0.487 e. The van der Waals surface area contributed by atoms with Gasteiger partial charge in [-0.1, -0.05) is 35.5 Å². The number of aryl methyl sites for hydroxylation is 3. The van der Waals surface area contributed by atoms with Gasteiger partial charge < -0.3 is 9.84 Å². The molecular weight excluding hydrogens is 468 g/mol. The predicted octanol–water partition coefficient (Wildman–Crippen LogP) is 4.62. The van der Waals surface area contributed by atoms with E-state index in [-0.39, 0.29) is 18.4 Å². The van der Waals surface area contributed by atoms with Crippen LogP contribution in [0.1, 0.15) is 48.1 Å². The predicted molar refractivity (Wildman–Crippen MR) is 134 cm³/mol. The van der Waals surface area contributed by atoms with Crippen molar-refractivity contribution in [3.63, 3.8) is 0 Å². The van der Waals surface area contributed by atoms with Crippen LogP contribution in [0.3, 0.4) is 0 Å². The number of nitrogens with zero attached hydrogens (tertiary/aromatic N) is 4. The van der Waals surface area contributed by atoms with Gasteiger partial charge in [-0.15, -0.1) is 15.9 Å². The summed E-state index contributed by atoms with van der Waals surface area (Å²) in [5.74, 6) is -0.583. The number of hydrogen-bond donors (Lipinski definition) is 3. The summed E-state index contributed by atoms with van der Waals surface area (Å²) in [6.45, 7) is 4.52. The Kier molecular flexibility index (Phi) is 7.46. The first-order chi connectivity index (χ1) is 16.6. The Bertz CT molecular complexity index is 1200. The molecule has 2 unspecified atom stereocenters. The number of carbonyl (C=O) groups is 1. The first-order valence-corrected chi connectivity index (χ1v) is 13.1.